The van der Waals surface area contributed by atoms with Crippen LogP contribution < -0.4 is 10.6 Å². The van der Waals surface area contributed by atoms with Gasteiger partial charge in [-0.25, -0.2) is 9.78 Å². The highest BCUT2D eigenvalue weighted by atomic mass is 32.2. The lowest BCUT2D eigenvalue weighted by Crippen LogP contribution is -2.36. The second-order valence-corrected chi connectivity index (χ2v) is 8.91. The monoisotopic (exact) mass is 423 g/mol. The van der Waals surface area contributed by atoms with Crippen LogP contribution in [0.5, 0.6) is 0 Å². The molecule has 2 aromatic carbocycles. The Morgan fingerprint density at radius 3 is 2.37 bits per heavy atom. The van der Waals surface area contributed by atoms with Crippen molar-refractivity contribution >= 4 is 45.6 Å². The maximum Gasteiger partial charge on any atom is 0.315 e. The first-order valence-electron chi connectivity index (χ1n) is 10.2. The Morgan fingerprint density at radius 1 is 1.03 bits per heavy atom. The molecule has 0 spiro atoms. The van der Waals surface area contributed by atoms with Crippen LogP contribution in [0, 0.1) is 0 Å². The van der Waals surface area contributed by atoms with Crippen molar-refractivity contribution in [2.24, 2.45) is 0 Å². The summed E-state index contributed by atoms with van der Waals surface area (Å²) in [5.74, 6) is 0.236. The number of aromatic nitrogens is 1. The standard InChI is InChI=1S/C13H9N.C10H16N2O3S/c1-3-7-12-10(5-1)9-11-6-2-4-8-13(11)14-12;13-8(14)4-2-1-3-7-9-6(5-16-7)11-10(15)12-9/h1-9H;6-7,9H,1-5H2,(H,13,14)(H2,11,12,15)/t;6-,7-,9-/m.0/s1. The molecule has 156 valence electrons. The van der Waals surface area contributed by atoms with E-state index < -0.39 is 5.97 Å². The van der Waals surface area contributed by atoms with Crippen LogP contribution in [-0.2, 0) is 4.79 Å². The number of fused-ring (bicyclic) bond motifs is 3. The predicted octanol–water partition coefficient (Wildman–Crippen LogP) is 4.18. The molecule has 3 atom stereocenters. The number of rotatable bonds is 5. The maximum absolute atomic E-state index is 11.1. The summed E-state index contributed by atoms with van der Waals surface area (Å²) in [6.45, 7) is 0. The third-order valence-corrected chi connectivity index (χ3v) is 7.00. The number of amides is 2. The first-order valence-corrected chi connectivity index (χ1v) is 11.3. The van der Waals surface area contributed by atoms with E-state index in [-0.39, 0.29) is 24.5 Å². The van der Waals surface area contributed by atoms with Crippen LogP contribution in [0.15, 0.2) is 54.6 Å². The molecule has 2 saturated heterocycles. The molecule has 3 aromatic rings. The van der Waals surface area contributed by atoms with Crippen molar-refractivity contribution in [2.75, 3.05) is 5.75 Å². The maximum atomic E-state index is 11.1. The van der Waals surface area contributed by atoms with Gasteiger partial charge in [-0.05, 0) is 31.0 Å². The van der Waals surface area contributed by atoms with Gasteiger partial charge in [0.05, 0.1) is 23.1 Å². The molecule has 2 aliphatic rings. The second kappa shape index (κ2) is 9.34. The minimum absolute atomic E-state index is 0.0640. The second-order valence-electron chi connectivity index (χ2n) is 7.64. The number of nitrogens with one attached hydrogen (secondary N) is 2. The summed E-state index contributed by atoms with van der Waals surface area (Å²) in [6.07, 6.45) is 2.88. The van der Waals surface area contributed by atoms with Crippen LogP contribution in [-0.4, -0.2) is 45.2 Å². The predicted molar refractivity (Wildman–Crippen MR) is 121 cm³/mol. The number of unbranched alkanes of at least 4 members (excludes halogenated alkanes) is 1. The van der Waals surface area contributed by atoms with E-state index in [1.165, 1.54) is 10.8 Å². The van der Waals surface area contributed by atoms with Gasteiger partial charge in [0.1, 0.15) is 0 Å². The Kier molecular flexibility index (Phi) is 6.38. The van der Waals surface area contributed by atoms with Crippen LogP contribution >= 0.6 is 11.8 Å². The molecule has 6 nitrogen and oxygen atoms in total. The number of hydrogen-bond acceptors (Lipinski definition) is 4. The number of nitrogens with zero attached hydrogens (tertiary/aromatic N) is 1. The number of urea groups is 1. The SMILES string of the molecule is O=C(O)CCCC[C@@H]1SC[C@@H]2NC(=O)N[C@@H]21.c1ccc2nc3ccccc3cc2c1. The summed E-state index contributed by atoms with van der Waals surface area (Å²) in [6, 6.07) is 19.0. The number of aliphatic carboxylic acids is 1. The minimum Gasteiger partial charge on any atom is -0.481 e. The van der Waals surface area contributed by atoms with Gasteiger partial charge in [0.25, 0.3) is 0 Å². The number of carboxylic acids is 1. The summed E-state index contributed by atoms with van der Waals surface area (Å²) in [5.41, 5.74) is 2.12. The Balaban J connectivity index is 0.000000146. The zero-order valence-corrected chi connectivity index (χ0v) is 17.4. The van der Waals surface area contributed by atoms with Crippen LogP contribution in [0.3, 0.4) is 0 Å². The smallest absolute Gasteiger partial charge is 0.315 e. The molecule has 0 unspecified atom stereocenters. The van der Waals surface area contributed by atoms with Gasteiger partial charge < -0.3 is 15.7 Å². The van der Waals surface area contributed by atoms with Gasteiger partial charge in [0.15, 0.2) is 0 Å². The molecular weight excluding hydrogens is 398 g/mol. The number of benzene rings is 2. The molecule has 0 aliphatic carbocycles. The minimum atomic E-state index is -0.729. The Labute approximate surface area is 179 Å². The molecule has 0 saturated carbocycles. The van der Waals surface area contributed by atoms with Crippen LogP contribution in [0.1, 0.15) is 25.7 Å². The summed E-state index contributed by atoms with van der Waals surface area (Å²) >= 11 is 1.87. The topological polar surface area (TPSA) is 91.3 Å². The molecule has 5 rings (SSSR count). The van der Waals surface area contributed by atoms with E-state index in [0.717, 1.165) is 36.0 Å². The van der Waals surface area contributed by atoms with Gasteiger partial charge >= 0.3 is 12.0 Å². The average molecular weight is 424 g/mol. The van der Waals surface area contributed by atoms with Gasteiger partial charge in [-0.1, -0.05) is 42.8 Å². The van der Waals surface area contributed by atoms with Crippen molar-refractivity contribution < 1.29 is 14.7 Å². The number of carbonyl (C=O) groups excluding carboxylic acids is 1. The molecule has 2 fully saturated rings. The van der Waals surface area contributed by atoms with Gasteiger partial charge in [0, 0.05) is 28.2 Å². The van der Waals surface area contributed by atoms with Gasteiger partial charge in [-0.15, -0.1) is 0 Å². The van der Waals surface area contributed by atoms with Gasteiger partial charge in [-0.3, -0.25) is 4.79 Å². The Hall–Kier alpha value is -2.80. The zero-order chi connectivity index (χ0) is 20.9. The highest BCUT2D eigenvalue weighted by Crippen LogP contribution is 2.33. The fourth-order valence-electron chi connectivity index (χ4n) is 3.98. The van der Waals surface area contributed by atoms with Crippen LogP contribution in [0.2, 0.25) is 0 Å². The van der Waals surface area contributed by atoms with E-state index >= 15 is 0 Å². The van der Waals surface area contributed by atoms with E-state index in [9.17, 15) is 9.59 Å². The van der Waals surface area contributed by atoms with Gasteiger partial charge in [0.2, 0.25) is 0 Å². The summed E-state index contributed by atoms with van der Waals surface area (Å²) in [4.78, 5) is 26.0. The molecule has 3 heterocycles. The highest BCUT2D eigenvalue weighted by Gasteiger charge is 2.42. The van der Waals surface area contributed by atoms with Crippen molar-refractivity contribution in [3.63, 3.8) is 0 Å². The number of hydrogen-bond donors (Lipinski definition) is 3. The number of carboxylic acid groups (broad SMARTS) is 1. The number of thioether (sulfide) groups is 1. The van der Waals surface area contributed by atoms with E-state index in [1.54, 1.807) is 0 Å². The summed E-state index contributed by atoms with van der Waals surface area (Å²) in [5, 5.41) is 17.2. The first kappa shape index (κ1) is 20.5. The highest BCUT2D eigenvalue weighted by molar-refractivity contribution is 8.00. The zero-order valence-electron chi connectivity index (χ0n) is 16.6. The lowest BCUT2D eigenvalue weighted by molar-refractivity contribution is -0.137. The lowest BCUT2D eigenvalue weighted by atomic mass is 10.0. The molecule has 1 aromatic heterocycles. The van der Waals surface area contributed by atoms with Crippen LogP contribution in [0.25, 0.3) is 21.8 Å². The van der Waals surface area contributed by atoms with E-state index in [1.807, 2.05) is 48.2 Å². The largest absolute Gasteiger partial charge is 0.481 e. The third kappa shape index (κ3) is 4.84. The summed E-state index contributed by atoms with van der Waals surface area (Å²) < 4.78 is 0. The average Bonchev–Trinajstić information content (AvgIpc) is 3.29. The van der Waals surface area contributed by atoms with E-state index in [4.69, 9.17) is 5.11 Å². The Bertz CT molecular complexity index is 953. The third-order valence-electron chi connectivity index (χ3n) is 5.49. The fraction of sp³-hybridized carbons (Fsp3) is 0.348. The number of pyridine rings is 1. The molecule has 2 amide bonds. The lowest BCUT2D eigenvalue weighted by Gasteiger charge is -2.16. The van der Waals surface area contributed by atoms with Crippen molar-refractivity contribution in [3.05, 3.63) is 54.6 Å². The normalized spacial score (nSPS) is 22.1. The van der Waals surface area contributed by atoms with Crippen molar-refractivity contribution in [3.8, 4) is 0 Å². The Morgan fingerprint density at radius 2 is 1.70 bits per heavy atom. The molecular formula is C23H25N3O3S. The molecule has 3 N–H and O–H groups in total. The molecule has 7 heteroatoms. The number of carbonyl (C=O) groups is 2. The van der Waals surface area contributed by atoms with Gasteiger partial charge in [-0.2, -0.15) is 11.8 Å². The van der Waals surface area contributed by atoms with E-state index in [2.05, 4.69) is 33.8 Å². The molecule has 30 heavy (non-hydrogen) atoms. The van der Waals surface area contributed by atoms with Crippen LogP contribution in [0.4, 0.5) is 4.79 Å². The quantitative estimate of drug-likeness (QED) is 0.325. The van der Waals surface area contributed by atoms with E-state index in [0.29, 0.717) is 5.25 Å². The molecule has 0 bridgehead atoms. The number of para-hydroxylation sites is 2. The van der Waals surface area contributed by atoms with Crippen molar-refractivity contribution in [1.29, 1.82) is 0 Å². The molecule has 0 radical (unpaired) electrons. The summed E-state index contributed by atoms with van der Waals surface area (Å²) in [7, 11) is 0. The van der Waals surface area contributed by atoms with Crippen molar-refractivity contribution in [2.45, 2.75) is 43.0 Å². The van der Waals surface area contributed by atoms with Crippen molar-refractivity contribution in [1.82, 2.24) is 15.6 Å². The first-order chi connectivity index (χ1) is 14.6. The fourth-order valence-corrected chi connectivity index (χ4v) is 5.53. The molecule has 2 aliphatic heterocycles.